The summed E-state index contributed by atoms with van der Waals surface area (Å²) >= 11 is 0. The predicted octanol–water partition coefficient (Wildman–Crippen LogP) is 1.40. The van der Waals surface area contributed by atoms with Crippen LogP contribution in [0.2, 0.25) is 0 Å². The molecule has 4 N–H and O–H groups in total. The van der Waals surface area contributed by atoms with E-state index < -0.39 is 6.09 Å². The fourth-order valence-electron chi connectivity index (χ4n) is 2.22. The van der Waals surface area contributed by atoms with Gasteiger partial charge in [0.1, 0.15) is 11.6 Å². The second kappa shape index (κ2) is 6.41. The number of hydrogen-bond acceptors (Lipinski definition) is 6. The molecular weight excluding hydrogens is 310 g/mol. The number of pyridine rings is 1. The minimum atomic E-state index is -0.965. The number of nitrogens with zero attached hydrogens (tertiary/aromatic N) is 5. The normalized spacial score (nSPS) is 10.7. The highest BCUT2D eigenvalue weighted by atomic mass is 16.4. The number of aromatic nitrogens is 4. The second-order valence-electron chi connectivity index (χ2n) is 5.23. The number of hydrogen-bond donors (Lipinski definition) is 3. The summed E-state index contributed by atoms with van der Waals surface area (Å²) in [6, 6.07) is 7.23. The Morgan fingerprint density at radius 1 is 1.38 bits per heavy atom. The third kappa shape index (κ3) is 3.19. The van der Waals surface area contributed by atoms with Crippen molar-refractivity contribution >= 4 is 23.4 Å². The van der Waals surface area contributed by atoms with Crippen LogP contribution in [0.3, 0.4) is 0 Å². The molecule has 124 valence electrons. The Morgan fingerprint density at radius 2 is 2.21 bits per heavy atom. The largest absolute Gasteiger partial charge is 0.465 e. The number of rotatable bonds is 5. The maximum absolute atomic E-state index is 10.8. The fourth-order valence-corrected chi connectivity index (χ4v) is 2.22. The Balaban J connectivity index is 1.82. The van der Waals surface area contributed by atoms with Crippen LogP contribution in [0, 0.1) is 0 Å². The Morgan fingerprint density at radius 3 is 2.96 bits per heavy atom. The first kappa shape index (κ1) is 15.5. The van der Waals surface area contributed by atoms with Gasteiger partial charge in [0.05, 0.1) is 11.9 Å². The number of nitrogen functional groups attached to an aromatic ring is 1. The molecule has 0 saturated heterocycles. The number of anilines is 2. The van der Waals surface area contributed by atoms with Crippen molar-refractivity contribution < 1.29 is 9.90 Å². The van der Waals surface area contributed by atoms with E-state index in [0.29, 0.717) is 30.4 Å². The van der Waals surface area contributed by atoms with Crippen molar-refractivity contribution in [2.24, 2.45) is 0 Å². The molecule has 0 aromatic carbocycles. The number of fused-ring (bicyclic) bond motifs is 1. The number of carbonyl (C=O) groups is 1. The molecule has 0 unspecified atom stereocenters. The maximum Gasteiger partial charge on any atom is 0.407 e. The smallest absolute Gasteiger partial charge is 0.407 e. The summed E-state index contributed by atoms with van der Waals surface area (Å²) in [6.07, 6.45) is 2.39. The Bertz CT molecular complexity index is 877. The molecule has 0 atom stereocenters. The van der Waals surface area contributed by atoms with Crippen molar-refractivity contribution in [3.05, 3.63) is 36.7 Å². The molecule has 9 heteroatoms. The molecule has 0 aliphatic carbocycles. The minimum Gasteiger partial charge on any atom is -0.465 e. The van der Waals surface area contributed by atoms with Gasteiger partial charge in [0.2, 0.25) is 0 Å². The first-order valence-corrected chi connectivity index (χ1v) is 7.29. The highest BCUT2D eigenvalue weighted by Crippen LogP contribution is 2.21. The number of imidazole rings is 1. The summed E-state index contributed by atoms with van der Waals surface area (Å²) < 4.78 is 1.71. The van der Waals surface area contributed by atoms with Gasteiger partial charge >= 0.3 is 6.09 Å². The first-order valence-electron chi connectivity index (χ1n) is 7.29. The molecule has 24 heavy (non-hydrogen) atoms. The van der Waals surface area contributed by atoms with E-state index in [1.807, 2.05) is 12.1 Å². The first-order chi connectivity index (χ1) is 11.5. The summed E-state index contributed by atoms with van der Waals surface area (Å²) in [7, 11) is 1.52. The van der Waals surface area contributed by atoms with Crippen molar-refractivity contribution in [3.63, 3.8) is 0 Å². The molecule has 0 radical (unpaired) electrons. The molecule has 0 aliphatic heterocycles. The summed E-state index contributed by atoms with van der Waals surface area (Å²) in [5.74, 6) is 1.05. The molecule has 3 heterocycles. The lowest BCUT2D eigenvalue weighted by atomic mass is 10.2. The van der Waals surface area contributed by atoms with Gasteiger partial charge in [0.15, 0.2) is 5.65 Å². The van der Waals surface area contributed by atoms with Gasteiger partial charge in [-0.05, 0) is 24.3 Å². The van der Waals surface area contributed by atoms with E-state index in [-0.39, 0.29) is 0 Å². The zero-order valence-corrected chi connectivity index (χ0v) is 13.0. The van der Waals surface area contributed by atoms with Gasteiger partial charge in [0.25, 0.3) is 0 Å². The van der Waals surface area contributed by atoms with Gasteiger partial charge in [-0.1, -0.05) is 0 Å². The van der Waals surface area contributed by atoms with Crippen LogP contribution in [-0.4, -0.2) is 55.8 Å². The average molecular weight is 327 g/mol. The fraction of sp³-hybridized carbons (Fsp3) is 0.200. The highest BCUT2D eigenvalue weighted by Gasteiger charge is 2.09. The van der Waals surface area contributed by atoms with Crippen molar-refractivity contribution in [3.8, 4) is 11.3 Å². The van der Waals surface area contributed by atoms with Crippen LogP contribution >= 0.6 is 0 Å². The molecule has 3 aromatic heterocycles. The summed E-state index contributed by atoms with van der Waals surface area (Å²) in [5.41, 5.74) is 8.10. The van der Waals surface area contributed by atoms with Crippen LogP contribution in [0.5, 0.6) is 0 Å². The van der Waals surface area contributed by atoms with E-state index >= 15 is 0 Å². The quantitative estimate of drug-likeness (QED) is 0.647. The molecule has 3 aromatic rings. The van der Waals surface area contributed by atoms with E-state index in [1.54, 1.807) is 29.0 Å². The number of amides is 1. The van der Waals surface area contributed by atoms with Crippen LogP contribution in [0.1, 0.15) is 0 Å². The molecule has 9 nitrogen and oxygen atoms in total. The van der Waals surface area contributed by atoms with E-state index in [9.17, 15) is 4.79 Å². The molecule has 1 amide bonds. The lowest BCUT2D eigenvalue weighted by molar-refractivity contribution is 0.157. The van der Waals surface area contributed by atoms with Gasteiger partial charge in [-0.3, -0.25) is 0 Å². The lowest BCUT2D eigenvalue weighted by Gasteiger charge is -2.13. The van der Waals surface area contributed by atoms with Crippen LogP contribution in [0.4, 0.5) is 16.4 Å². The van der Waals surface area contributed by atoms with Crippen LogP contribution in [-0.2, 0) is 0 Å². The SMILES string of the molecule is CN(CCNc1ccc2ncc(-c3ccnc(N)c3)n2n1)C(=O)O. The monoisotopic (exact) mass is 327 g/mol. The van der Waals surface area contributed by atoms with Gasteiger partial charge < -0.3 is 21.1 Å². The molecule has 0 bridgehead atoms. The van der Waals surface area contributed by atoms with Gasteiger partial charge in [-0.2, -0.15) is 0 Å². The standard InChI is InChI=1S/C15H17N7O2/c1-21(15(23)24)7-6-18-13-2-3-14-19-9-11(22(14)20-13)10-4-5-17-12(16)8-10/h2-5,8-9H,6-7H2,1H3,(H2,16,17)(H,18,20)(H,23,24). The zero-order chi connectivity index (χ0) is 17.1. The molecule has 0 fully saturated rings. The lowest BCUT2D eigenvalue weighted by Crippen LogP contribution is -2.30. The molecule has 0 aliphatic rings. The van der Waals surface area contributed by atoms with E-state index in [2.05, 4.69) is 20.4 Å². The highest BCUT2D eigenvalue weighted by molar-refractivity contribution is 5.66. The van der Waals surface area contributed by atoms with Crippen LogP contribution in [0.15, 0.2) is 36.7 Å². The van der Waals surface area contributed by atoms with Gasteiger partial charge in [-0.15, -0.1) is 5.10 Å². The minimum absolute atomic E-state index is 0.354. The van der Waals surface area contributed by atoms with Gasteiger partial charge in [0, 0.05) is 31.9 Å². The molecular formula is C15H17N7O2. The van der Waals surface area contributed by atoms with Crippen molar-refractivity contribution in [1.29, 1.82) is 0 Å². The maximum atomic E-state index is 10.8. The Kier molecular flexibility index (Phi) is 4.15. The third-order valence-electron chi connectivity index (χ3n) is 3.52. The zero-order valence-electron chi connectivity index (χ0n) is 13.0. The summed E-state index contributed by atoms with van der Waals surface area (Å²) in [6.45, 7) is 0.806. The number of nitrogens with two attached hydrogens (primary N) is 1. The van der Waals surface area contributed by atoms with Crippen molar-refractivity contribution in [2.75, 3.05) is 31.2 Å². The van der Waals surface area contributed by atoms with Crippen molar-refractivity contribution in [2.45, 2.75) is 0 Å². The second-order valence-corrected chi connectivity index (χ2v) is 5.23. The predicted molar refractivity (Wildman–Crippen MR) is 89.8 cm³/mol. The van der Waals surface area contributed by atoms with Crippen LogP contribution in [0.25, 0.3) is 16.9 Å². The third-order valence-corrected chi connectivity index (χ3v) is 3.52. The van der Waals surface area contributed by atoms with E-state index in [0.717, 1.165) is 11.3 Å². The topological polar surface area (TPSA) is 122 Å². The summed E-state index contributed by atoms with van der Waals surface area (Å²) in [5, 5.41) is 16.4. The summed E-state index contributed by atoms with van der Waals surface area (Å²) in [4.78, 5) is 20.3. The Labute approximate surface area is 137 Å². The van der Waals surface area contributed by atoms with Gasteiger partial charge in [-0.25, -0.2) is 19.3 Å². The van der Waals surface area contributed by atoms with E-state index in [4.69, 9.17) is 10.8 Å². The van der Waals surface area contributed by atoms with Crippen LogP contribution < -0.4 is 11.1 Å². The number of nitrogens with one attached hydrogen (secondary N) is 1. The average Bonchev–Trinajstić information content (AvgIpc) is 2.98. The van der Waals surface area contributed by atoms with E-state index in [1.165, 1.54) is 11.9 Å². The number of likely N-dealkylation sites (N-methyl/N-ethyl adjacent to an activating group) is 1. The molecule has 0 saturated carbocycles. The molecule has 3 rings (SSSR count). The van der Waals surface area contributed by atoms with Crippen molar-refractivity contribution in [1.82, 2.24) is 24.5 Å². The molecule has 0 spiro atoms. The number of carboxylic acid groups (broad SMARTS) is 1. The Hall–Kier alpha value is -3.36.